The van der Waals surface area contributed by atoms with Gasteiger partial charge in [0.2, 0.25) is 0 Å². The third-order valence-corrected chi connectivity index (χ3v) is 3.53. The molecule has 0 spiro atoms. The summed E-state index contributed by atoms with van der Waals surface area (Å²) in [6.07, 6.45) is 1.92. The molecule has 1 N–H and O–H groups in total. The van der Waals surface area contributed by atoms with Crippen LogP contribution in [0.25, 0.3) is 6.08 Å². The number of nitrogens with one attached hydrogen (secondary N) is 1. The van der Waals surface area contributed by atoms with Crippen molar-refractivity contribution >= 4 is 35.2 Å². The number of carbonyl (C=O) groups excluding carboxylic acids is 2. The molecule has 6 heteroatoms. The van der Waals surface area contributed by atoms with Gasteiger partial charge in [-0.1, -0.05) is 23.7 Å². The summed E-state index contributed by atoms with van der Waals surface area (Å²) in [7, 11) is 1.57. The summed E-state index contributed by atoms with van der Waals surface area (Å²) in [6, 6.07) is 13.9. The van der Waals surface area contributed by atoms with Crippen LogP contribution in [0.5, 0.6) is 5.75 Å². The molecule has 0 radical (unpaired) electrons. The van der Waals surface area contributed by atoms with Crippen LogP contribution in [-0.4, -0.2) is 25.1 Å². The van der Waals surface area contributed by atoms with Crippen LogP contribution in [-0.2, 0) is 14.3 Å². The van der Waals surface area contributed by atoms with Crippen LogP contribution in [0.1, 0.15) is 12.5 Å². The number of benzene rings is 2. The van der Waals surface area contributed by atoms with E-state index in [1.165, 1.54) is 13.0 Å². The summed E-state index contributed by atoms with van der Waals surface area (Å²) < 4.78 is 10.2. The van der Waals surface area contributed by atoms with E-state index in [2.05, 4.69) is 5.32 Å². The highest BCUT2D eigenvalue weighted by molar-refractivity contribution is 6.30. The van der Waals surface area contributed by atoms with Crippen LogP contribution >= 0.6 is 11.6 Å². The van der Waals surface area contributed by atoms with Crippen LogP contribution in [0.2, 0.25) is 5.02 Å². The molecule has 0 aromatic heterocycles. The van der Waals surface area contributed by atoms with E-state index in [0.29, 0.717) is 16.5 Å². The van der Waals surface area contributed by atoms with Gasteiger partial charge in [-0.05, 0) is 55.0 Å². The lowest BCUT2D eigenvalue weighted by molar-refractivity contribution is -0.148. The topological polar surface area (TPSA) is 64.6 Å². The van der Waals surface area contributed by atoms with E-state index in [9.17, 15) is 9.59 Å². The van der Waals surface area contributed by atoms with Gasteiger partial charge in [0.1, 0.15) is 5.75 Å². The standard InChI is InChI=1S/C19H18ClNO4/c1-13(19(23)21-16-9-7-15(20)8-10-16)25-18(22)11-6-14-4-3-5-17(12-14)24-2/h3-13H,1-2H3,(H,21,23)/b11-6+/t13-/m0/s1. The Labute approximate surface area is 151 Å². The summed E-state index contributed by atoms with van der Waals surface area (Å²) in [6.45, 7) is 1.50. The molecule has 0 heterocycles. The molecule has 2 aromatic carbocycles. The number of anilines is 1. The van der Waals surface area contributed by atoms with Crippen LogP contribution < -0.4 is 10.1 Å². The number of rotatable bonds is 6. The molecule has 2 rings (SSSR count). The Morgan fingerprint density at radius 3 is 2.56 bits per heavy atom. The molecule has 130 valence electrons. The Hall–Kier alpha value is -2.79. The van der Waals surface area contributed by atoms with Crippen molar-refractivity contribution in [3.63, 3.8) is 0 Å². The van der Waals surface area contributed by atoms with Crippen molar-refractivity contribution in [2.24, 2.45) is 0 Å². The second-order valence-corrected chi connectivity index (χ2v) is 5.62. The van der Waals surface area contributed by atoms with E-state index in [1.54, 1.807) is 49.6 Å². The molecule has 0 aliphatic heterocycles. The predicted octanol–water partition coefficient (Wildman–Crippen LogP) is 3.93. The number of halogens is 1. The summed E-state index contributed by atoms with van der Waals surface area (Å²) in [4.78, 5) is 23.9. The normalized spacial score (nSPS) is 11.8. The summed E-state index contributed by atoms with van der Waals surface area (Å²) >= 11 is 5.79. The first kappa shape index (κ1) is 18.5. The number of ether oxygens (including phenoxy) is 2. The predicted molar refractivity (Wildman–Crippen MR) is 97.7 cm³/mol. The Morgan fingerprint density at radius 2 is 1.88 bits per heavy atom. The zero-order valence-corrected chi connectivity index (χ0v) is 14.6. The van der Waals surface area contributed by atoms with E-state index >= 15 is 0 Å². The molecule has 2 aromatic rings. The van der Waals surface area contributed by atoms with Crippen molar-refractivity contribution in [3.8, 4) is 5.75 Å². The lowest BCUT2D eigenvalue weighted by atomic mass is 10.2. The van der Waals surface area contributed by atoms with Gasteiger partial charge in [0.25, 0.3) is 5.91 Å². The Balaban J connectivity index is 1.89. The average molecular weight is 360 g/mol. The van der Waals surface area contributed by atoms with E-state index in [-0.39, 0.29) is 0 Å². The summed E-state index contributed by atoms with van der Waals surface area (Å²) in [5.74, 6) is -0.349. The second kappa shape index (κ2) is 8.89. The van der Waals surface area contributed by atoms with Crippen molar-refractivity contribution in [1.82, 2.24) is 0 Å². The van der Waals surface area contributed by atoms with E-state index in [1.807, 2.05) is 12.1 Å². The van der Waals surface area contributed by atoms with Crippen LogP contribution in [0.3, 0.4) is 0 Å². The van der Waals surface area contributed by atoms with Gasteiger partial charge in [0.15, 0.2) is 6.10 Å². The molecule has 0 aliphatic rings. The fourth-order valence-corrected chi connectivity index (χ4v) is 2.08. The smallest absolute Gasteiger partial charge is 0.331 e. The molecule has 1 atom stereocenters. The number of carbonyl (C=O) groups is 2. The second-order valence-electron chi connectivity index (χ2n) is 5.19. The minimum absolute atomic E-state index is 0.426. The SMILES string of the molecule is COc1cccc(/C=C/C(=O)O[C@@H](C)C(=O)Nc2ccc(Cl)cc2)c1. The highest BCUT2D eigenvalue weighted by Crippen LogP contribution is 2.15. The maximum Gasteiger partial charge on any atom is 0.331 e. The summed E-state index contributed by atoms with van der Waals surface area (Å²) in [5, 5.41) is 3.22. The van der Waals surface area contributed by atoms with Crippen molar-refractivity contribution in [2.75, 3.05) is 12.4 Å². The molecule has 0 fully saturated rings. The highest BCUT2D eigenvalue weighted by Gasteiger charge is 2.16. The largest absolute Gasteiger partial charge is 0.497 e. The molecule has 5 nitrogen and oxygen atoms in total. The number of hydrogen-bond acceptors (Lipinski definition) is 4. The monoisotopic (exact) mass is 359 g/mol. The summed E-state index contributed by atoms with van der Waals surface area (Å²) in [5.41, 5.74) is 1.36. The number of amides is 1. The fraction of sp³-hybridized carbons (Fsp3) is 0.158. The minimum Gasteiger partial charge on any atom is -0.497 e. The van der Waals surface area contributed by atoms with Gasteiger partial charge >= 0.3 is 5.97 Å². The number of hydrogen-bond donors (Lipinski definition) is 1. The molecule has 0 saturated heterocycles. The first-order valence-electron chi connectivity index (χ1n) is 7.57. The molecular formula is C19H18ClNO4. The van der Waals surface area contributed by atoms with Crippen LogP contribution in [0, 0.1) is 0 Å². The molecule has 0 bridgehead atoms. The van der Waals surface area contributed by atoms with Gasteiger partial charge in [-0.25, -0.2) is 4.79 Å². The van der Waals surface area contributed by atoms with Crippen LogP contribution in [0.4, 0.5) is 5.69 Å². The van der Waals surface area contributed by atoms with E-state index in [4.69, 9.17) is 21.1 Å². The van der Waals surface area contributed by atoms with Gasteiger partial charge in [-0.2, -0.15) is 0 Å². The maximum absolute atomic E-state index is 12.0. The zero-order valence-electron chi connectivity index (χ0n) is 13.9. The van der Waals surface area contributed by atoms with Gasteiger partial charge in [0, 0.05) is 16.8 Å². The first-order chi connectivity index (χ1) is 12.0. The van der Waals surface area contributed by atoms with Gasteiger partial charge in [-0.3, -0.25) is 4.79 Å². The van der Waals surface area contributed by atoms with Crippen molar-refractivity contribution in [2.45, 2.75) is 13.0 Å². The zero-order chi connectivity index (χ0) is 18.2. The minimum atomic E-state index is -0.932. The van der Waals surface area contributed by atoms with Gasteiger partial charge in [0.05, 0.1) is 7.11 Å². The van der Waals surface area contributed by atoms with Crippen molar-refractivity contribution in [3.05, 3.63) is 65.2 Å². The molecule has 25 heavy (non-hydrogen) atoms. The lowest BCUT2D eigenvalue weighted by Gasteiger charge is -2.12. The lowest BCUT2D eigenvalue weighted by Crippen LogP contribution is -2.29. The molecule has 0 unspecified atom stereocenters. The van der Waals surface area contributed by atoms with Gasteiger partial charge < -0.3 is 14.8 Å². The number of methoxy groups -OCH3 is 1. The maximum atomic E-state index is 12.0. The Morgan fingerprint density at radius 1 is 1.16 bits per heavy atom. The third-order valence-electron chi connectivity index (χ3n) is 3.28. The fourth-order valence-electron chi connectivity index (χ4n) is 1.95. The Kier molecular flexibility index (Phi) is 6.60. The van der Waals surface area contributed by atoms with Crippen molar-refractivity contribution < 1.29 is 19.1 Å². The van der Waals surface area contributed by atoms with Gasteiger partial charge in [-0.15, -0.1) is 0 Å². The van der Waals surface area contributed by atoms with E-state index in [0.717, 1.165) is 5.56 Å². The quantitative estimate of drug-likeness (QED) is 0.627. The first-order valence-corrected chi connectivity index (χ1v) is 7.95. The van der Waals surface area contributed by atoms with Crippen LogP contribution in [0.15, 0.2) is 54.6 Å². The number of esters is 1. The van der Waals surface area contributed by atoms with Crippen molar-refractivity contribution in [1.29, 1.82) is 0 Å². The third kappa shape index (κ3) is 5.97. The molecule has 0 aliphatic carbocycles. The molecular weight excluding hydrogens is 342 g/mol. The Bertz CT molecular complexity index is 771. The average Bonchev–Trinajstić information content (AvgIpc) is 2.62. The highest BCUT2D eigenvalue weighted by atomic mass is 35.5. The molecule has 1 amide bonds. The van der Waals surface area contributed by atoms with E-state index < -0.39 is 18.0 Å². The molecule has 0 saturated carbocycles.